The summed E-state index contributed by atoms with van der Waals surface area (Å²) in [4.78, 5) is 23.4. The third-order valence-corrected chi connectivity index (χ3v) is 1.42. The average molecular weight is 215 g/mol. The number of carbonyl (C=O) groups excluding carboxylic acids is 2. The first-order valence-corrected chi connectivity index (χ1v) is 4.36. The number of nitrogens with zero attached hydrogens (tertiary/aromatic N) is 3. The van der Waals surface area contributed by atoms with Crippen molar-refractivity contribution >= 4 is 12.0 Å². The minimum Gasteiger partial charge on any atom is -0.450 e. The summed E-state index contributed by atoms with van der Waals surface area (Å²) in [5.41, 5.74) is 12.7. The van der Waals surface area contributed by atoms with Gasteiger partial charge in [0.15, 0.2) is 0 Å². The van der Waals surface area contributed by atoms with Gasteiger partial charge >= 0.3 is 6.09 Å². The summed E-state index contributed by atoms with van der Waals surface area (Å²) in [5.74, 6) is -0.330. The van der Waals surface area contributed by atoms with Crippen LogP contribution in [-0.4, -0.2) is 31.7 Å². The molecule has 0 radical (unpaired) electrons. The third-order valence-electron chi connectivity index (χ3n) is 1.42. The highest BCUT2D eigenvalue weighted by Crippen LogP contribution is 1.88. The molecule has 0 rings (SSSR count). The van der Waals surface area contributed by atoms with Gasteiger partial charge in [0.25, 0.3) is 0 Å². The van der Waals surface area contributed by atoms with E-state index in [1.54, 1.807) is 0 Å². The quantitative estimate of drug-likeness (QED) is 0.274. The van der Waals surface area contributed by atoms with Crippen LogP contribution in [0.4, 0.5) is 4.79 Å². The van der Waals surface area contributed by atoms with Crippen LogP contribution in [0.1, 0.15) is 12.8 Å². The topological polar surface area (TPSA) is 130 Å². The summed E-state index contributed by atoms with van der Waals surface area (Å²) < 4.78 is 4.47. The van der Waals surface area contributed by atoms with E-state index in [4.69, 9.17) is 11.3 Å². The minimum atomic E-state index is -0.803. The van der Waals surface area contributed by atoms with Gasteiger partial charge in [-0.2, -0.15) is 0 Å². The van der Waals surface area contributed by atoms with Gasteiger partial charge in [-0.15, -0.1) is 0 Å². The van der Waals surface area contributed by atoms with E-state index >= 15 is 0 Å². The first-order valence-electron chi connectivity index (χ1n) is 4.36. The molecule has 8 nitrogen and oxygen atoms in total. The lowest BCUT2D eigenvalue weighted by Crippen LogP contribution is -2.26. The molecule has 15 heavy (non-hydrogen) atoms. The molecule has 0 saturated heterocycles. The summed E-state index contributed by atoms with van der Waals surface area (Å²) in [6.07, 6.45) is 0.474. The number of unbranched alkanes of at least 4 members (excludes halogenated alkanes) is 1. The van der Waals surface area contributed by atoms with Crippen LogP contribution in [0.25, 0.3) is 10.4 Å². The lowest BCUT2D eigenvalue weighted by atomic mass is 10.3. The summed E-state index contributed by atoms with van der Waals surface area (Å²) in [6.45, 7) is 0.484. The zero-order chi connectivity index (χ0) is 11.5. The molecule has 0 aliphatic carbocycles. The zero-order valence-electron chi connectivity index (χ0n) is 8.18. The molecule has 0 aliphatic rings. The van der Waals surface area contributed by atoms with Crippen molar-refractivity contribution in [3.63, 3.8) is 0 Å². The Balaban J connectivity index is 3.27. The molecule has 8 heteroatoms. The first kappa shape index (κ1) is 13.1. The molecule has 0 aliphatic heterocycles. The van der Waals surface area contributed by atoms with Gasteiger partial charge in [-0.1, -0.05) is 5.11 Å². The predicted octanol–water partition coefficient (Wildman–Crippen LogP) is 0.288. The summed E-state index contributed by atoms with van der Waals surface area (Å²) >= 11 is 0. The van der Waals surface area contributed by atoms with Gasteiger partial charge in [-0.05, 0) is 18.4 Å². The van der Waals surface area contributed by atoms with Crippen LogP contribution in [0.2, 0.25) is 0 Å². The number of ether oxygens (including phenoxy) is 1. The fraction of sp³-hybridized carbons (Fsp3) is 0.714. The molecule has 3 N–H and O–H groups in total. The highest BCUT2D eigenvalue weighted by Gasteiger charge is 1.98. The lowest BCUT2D eigenvalue weighted by Gasteiger charge is -2.03. The van der Waals surface area contributed by atoms with Crippen LogP contribution in [0, 0.1) is 0 Å². The normalized spacial score (nSPS) is 8.80. The van der Waals surface area contributed by atoms with Crippen LogP contribution < -0.4 is 11.1 Å². The molecule has 84 valence electrons. The van der Waals surface area contributed by atoms with Gasteiger partial charge < -0.3 is 15.8 Å². The number of azide groups is 1. The van der Waals surface area contributed by atoms with Crippen molar-refractivity contribution in [3.8, 4) is 0 Å². The predicted molar refractivity (Wildman–Crippen MR) is 51.8 cm³/mol. The average Bonchev–Trinajstić information content (AvgIpc) is 2.19. The van der Waals surface area contributed by atoms with Crippen molar-refractivity contribution in [1.82, 2.24) is 5.32 Å². The molecule has 0 aromatic rings. The Kier molecular flexibility index (Phi) is 7.52. The Morgan fingerprint density at radius 1 is 1.47 bits per heavy atom. The molecule has 0 heterocycles. The van der Waals surface area contributed by atoms with Crippen LogP contribution in [0.5, 0.6) is 0 Å². The maximum atomic E-state index is 10.9. The zero-order valence-corrected chi connectivity index (χ0v) is 8.18. The molecule has 0 bridgehead atoms. The molecule has 0 aromatic carbocycles. The number of carbonyl (C=O) groups is 2. The van der Waals surface area contributed by atoms with Gasteiger partial charge in [0.2, 0.25) is 5.91 Å². The van der Waals surface area contributed by atoms with Gasteiger partial charge in [-0.25, -0.2) is 4.79 Å². The monoisotopic (exact) mass is 215 g/mol. The molecular weight excluding hydrogens is 202 g/mol. The molecule has 0 aromatic heterocycles. The van der Waals surface area contributed by atoms with Gasteiger partial charge in [0.05, 0.1) is 6.61 Å². The van der Waals surface area contributed by atoms with Gasteiger partial charge in [0, 0.05) is 11.5 Å². The van der Waals surface area contributed by atoms with Crippen LogP contribution in [0.15, 0.2) is 5.11 Å². The number of primary amides is 1. The van der Waals surface area contributed by atoms with Crippen molar-refractivity contribution in [1.29, 1.82) is 0 Å². The summed E-state index contributed by atoms with van der Waals surface area (Å²) in [7, 11) is 0. The molecule has 0 saturated carbocycles. The second kappa shape index (κ2) is 8.64. The smallest absolute Gasteiger partial charge is 0.404 e. The van der Waals surface area contributed by atoms with Crippen molar-refractivity contribution in [2.24, 2.45) is 10.8 Å². The SMILES string of the molecule is [N-]=[N+]=NCC(=O)NCCCCOC(N)=O. The second-order valence-electron chi connectivity index (χ2n) is 2.61. The van der Waals surface area contributed by atoms with Gasteiger partial charge in [-0.3, -0.25) is 4.79 Å². The maximum Gasteiger partial charge on any atom is 0.404 e. The molecule has 0 atom stereocenters. The van der Waals surface area contributed by atoms with Crippen molar-refractivity contribution < 1.29 is 14.3 Å². The van der Waals surface area contributed by atoms with E-state index in [0.717, 1.165) is 0 Å². The Morgan fingerprint density at radius 3 is 2.80 bits per heavy atom. The first-order chi connectivity index (χ1) is 7.16. The Bertz CT molecular complexity index is 261. The summed E-state index contributed by atoms with van der Waals surface area (Å²) in [5, 5.41) is 5.62. The number of nitrogens with one attached hydrogen (secondary N) is 1. The van der Waals surface area contributed by atoms with Crippen molar-refractivity contribution in [2.45, 2.75) is 12.8 Å². The Labute approximate surface area is 86.4 Å². The van der Waals surface area contributed by atoms with E-state index in [0.29, 0.717) is 19.4 Å². The number of hydrogen-bond acceptors (Lipinski definition) is 4. The molecule has 0 spiro atoms. The Morgan fingerprint density at radius 2 is 2.20 bits per heavy atom. The molecular formula is C7H13N5O3. The number of amides is 2. The van der Waals surface area contributed by atoms with Crippen LogP contribution >= 0.6 is 0 Å². The van der Waals surface area contributed by atoms with Gasteiger partial charge in [0.1, 0.15) is 6.54 Å². The number of nitrogens with two attached hydrogens (primary N) is 1. The number of rotatable bonds is 7. The fourth-order valence-electron chi connectivity index (χ4n) is 0.779. The van der Waals surface area contributed by atoms with E-state index in [1.165, 1.54) is 0 Å². The van der Waals surface area contributed by atoms with Crippen LogP contribution in [0.3, 0.4) is 0 Å². The van der Waals surface area contributed by atoms with E-state index in [1.807, 2.05) is 0 Å². The van der Waals surface area contributed by atoms with Crippen LogP contribution in [-0.2, 0) is 9.53 Å². The highest BCUT2D eigenvalue weighted by molar-refractivity contribution is 5.78. The number of hydrogen-bond donors (Lipinski definition) is 2. The molecule has 2 amide bonds. The van der Waals surface area contributed by atoms with E-state index in [9.17, 15) is 9.59 Å². The van der Waals surface area contributed by atoms with E-state index in [2.05, 4.69) is 20.1 Å². The standard InChI is InChI=1S/C7H13N5O3/c8-7(14)15-4-2-1-3-10-6(13)5-11-12-9/h1-5H2,(H2,8,14)(H,10,13). The fourth-order valence-corrected chi connectivity index (χ4v) is 0.779. The minimum absolute atomic E-state index is 0.200. The van der Waals surface area contributed by atoms with E-state index in [-0.39, 0.29) is 19.1 Å². The largest absolute Gasteiger partial charge is 0.450 e. The Hall–Kier alpha value is -1.95. The lowest BCUT2D eigenvalue weighted by molar-refractivity contribution is -0.119. The maximum absolute atomic E-state index is 10.9. The van der Waals surface area contributed by atoms with Crippen molar-refractivity contribution in [3.05, 3.63) is 10.4 Å². The molecule has 0 fully saturated rings. The highest BCUT2D eigenvalue weighted by atomic mass is 16.5. The third kappa shape index (κ3) is 9.97. The van der Waals surface area contributed by atoms with Crippen molar-refractivity contribution in [2.75, 3.05) is 19.7 Å². The second-order valence-corrected chi connectivity index (χ2v) is 2.61. The molecule has 0 unspecified atom stereocenters. The van der Waals surface area contributed by atoms with E-state index < -0.39 is 6.09 Å². The summed E-state index contributed by atoms with van der Waals surface area (Å²) in [6, 6.07) is 0.